The second kappa shape index (κ2) is 9.85. The molecule has 1 N–H and O–H groups in total. The minimum Gasteiger partial charge on any atom is -0.495 e. The highest BCUT2D eigenvalue weighted by atomic mass is 35.5. The molecule has 0 aliphatic carbocycles. The minimum atomic E-state index is -4.05. The van der Waals surface area contributed by atoms with Gasteiger partial charge in [0.05, 0.1) is 17.7 Å². The highest BCUT2D eigenvalue weighted by Gasteiger charge is 2.29. The number of ether oxygens (including phenoxy) is 1. The van der Waals surface area contributed by atoms with E-state index >= 15 is 0 Å². The van der Waals surface area contributed by atoms with Crippen molar-refractivity contribution in [1.82, 2.24) is 5.32 Å². The Kier molecular flexibility index (Phi) is 7.20. The summed E-state index contributed by atoms with van der Waals surface area (Å²) in [5.41, 5.74) is 2.18. The fraction of sp³-hybridized carbons (Fsp3) is 0.174. The van der Waals surface area contributed by atoms with Crippen molar-refractivity contribution in [3.63, 3.8) is 0 Å². The monoisotopic (exact) mass is 458 g/mol. The smallest absolute Gasteiger partial charge is 0.264 e. The molecule has 0 fully saturated rings. The van der Waals surface area contributed by atoms with Crippen LogP contribution in [0, 0.1) is 6.92 Å². The molecule has 0 saturated heterocycles. The summed E-state index contributed by atoms with van der Waals surface area (Å²) in [6.07, 6.45) is 0. The van der Waals surface area contributed by atoms with E-state index in [4.69, 9.17) is 16.3 Å². The van der Waals surface area contributed by atoms with Gasteiger partial charge in [-0.3, -0.25) is 9.10 Å². The SMILES string of the molecule is COc1ccc(Cl)cc1N(CC(=O)NCc1cccc(C)c1)S(=O)(=O)c1ccccc1. The van der Waals surface area contributed by atoms with Gasteiger partial charge in [-0.15, -0.1) is 0 Å². The van der Waals surface area contributed by atoms with Crippen LogP contribution in [0.1, 0.15) is 11.1 Å². The third kappa shape index (κ3) is 5.57. The Morgan fingerprint density at radius 1 is 1.03 bits per heavy atom. The van der Waals surface area contributed by atoms with Crippen LogP contribution in [-0.4, -0.2) is 28.0 Å². The maximum Gasteiger partial charge on any atom is 0.264 e. The van der Waals surface area contributed by atoms with Crippen molar-refractivity contribution in [3.8, 4) is 5.75 Å². The van der Waals surface area contributed by atoms with Gasteiger partial charge in [0, 0.05) is 11.6 Å². The number of halogens is 1. The quantitative estimate of drug-likeness (QED) is 0.549. The summed E-state index contributed by atoms with van der Waals surface area (Å²) in [6.45, 7) is 1.82. The van der Waals surface area contributed by atoms with Gasteiger partial charge in [0.25, 0.3) is 10.0 Å². The number of hydrogen-bond acceptors (Lipinski definition) is 4. The number of hydrogen-bond donors (Lipinski definition) is 1. The van der Waals surface area contributed by atoms with Crippen LogP contribution in [0.5, 0.6) is 5.75 Å². The molecule has 31 heavy (non-hydrogen) atoms. The van der Waals surface area contributed by atoms with E-state index in [0.29, 0.717) is 5.02 Å². The number of carbonyl (C=O) groups is 1. The van der Waals surface area contributed by atoms with E-state index in [-0.39, 0.29) is 22.9 Å². The van der Waals surface area contributed by atoms with Crippen LogP contribution in [0.2, 0.25) is 5.02 Å². The van der Waals surface area contributed by atoms with Crippen LogP contribution in [0.3, 0.4) is 0 Å². The van der Waals surface area contributed by atoms with E-state index in [2.05, 4.69) is 5.32 Å². The molecule has 3 rings (SSSR count). The number of amides is 1. The van der Waals surface area contributed by atoms with Crippen LogP contribution in [0.4, 0.5) is 5.69 Å². The van der Waals surface area contributed by atoms with E-state index in [0.717, 1.165) is 15.4 Å². The summed E-state index contributed by atoms with van der Waals surface area (Å²) < 4.78 is 33.2. The molecule has 0 unspecified atom stereocenters. The molecular weight excluding hydrogens is 436 g/mol. The van der Waals surface area contributed by atoms with Gasteiger partial charge in [0.1, 0.15) is 12.3 Å². The number of anilines is 1. The van der Waals surface area contributed by atoms with E-state index < -0.39 is 22.5 Å². The van der Waals surface area contributed by atoms with Gasteiger partial charge in [-0.2, -0.15) is 0 Å². The predicted molar refractivity (Wildman–Crippen MR) is 122 cm³/mol. The molecule has 162 valence electrons. The molecule has 0 saturated carbocycles. The number of methoxy groups -OCH3 is 1. The molecular formula is C23H23ClN2O4S. The molecule has 0 aliphatic heterocycles. The molecule has 0 heterocycles. The Morgan fingerprint density at radius 3 is 2.45 bits per heavy atom. The molecule has 0 radical (unpaired) electrons. The van der Waals surface area contributed by atoms with Gasteiger partial charge in [-0.05, 0) is 42.8 Å². The molecule has 3 aromatic rings. The lowest BCUT2D eigenvalue weighted by atomic mass is 10.1. The zero-order valence-corrected chi connectivity index (χ0v) is 18.8. The zero-order chi connectivity index (χ0) is 22.4. The van der Waals surface area contributed by atoms with Crippen LogP contribution < -0.4 is 14.4 Å². The van der Waals surface area contributed by atoms with E-state index in [9.17, 15) is 13.2 Å². The second-order valence-corrected chi connectivity index (χ2v) is 9.21. The Morgan fingerprint density at radius 2 is 1.77 bits per heavy atom. The summed E-state index contributed by atoms with van der Waals surface area (Å²) >= 11 is 6.13. The van der Waals surface area contributed by atoms with Gasteiger partial charge in [0.2, 0.25) is 5.91 Å². The molecule has 1 amide bonds. The Balaban J connectivity index is 1.93. The fourth-order valence-corrected chi connectivity index (χ4v) is 4.70. The molecule has 0 spiro atoms. The van der Waals surface area contributed by atoms with Crippen molar-refractivity contribution >= 4 is 33.2 Å². The third-order valence-electron chi connectivity index (χ3n) is 4.60. The van der Waals surface area contributed by atoms with Gasteiger partial charge < -0.3 is 10.1 Å². The molecule has 3 aromatic carbocycles. The number of sulfonamides is 1. The molecule has 0 bridgehead atoms. The molecule has 0 aromatic heterocycles. The number of carbonyl (C=O) groups excluding carboxylic acids is 1. The summed E-state index contributed by atoms with van der Waals surface area (Å²) in [7, 11) is -2.63. The molecule has 0 aliphatic rings. The Labute approximate surface area is 187 Å². The van der Waals surface area contributed by atoms with Crippen LogP contribution in [-0.2, 0) is 21.4 Å². The molecule has 8 heteroatoms. The van der Waals surface area contributed by atoms with Crippen molar-refractivity contribution < 1.29 is 17.9 Å². The minimum absolute atomic E-state index is 0.0588. The second-order valence-electron chi connectivity index (χ2n) is 6.91. The first-order chi connectivity index (χ1) is 14.8. The van der Waals surface area contributed by atoms with E-state index in [1.807, 2.05) is 31.2 Å². The topological polar surface area (TPSA) is 75.7 Å². The van der Waals surface area contributed by atoms with Crippen molar-refractivity contribution in [2.24, 2.45) is 0 Å². The summed E-state index contributed by atoms with van der Waals surface area (Å²) in [6, 6.07) is 20.3. The van der Waals surface area contributed by atoms with Gasteiger partial charge in [0.15, 0.2) is 0 Å². The largest absolute Gasteiger partial charge is 0.495 e. The maximum absolute atomic E-state index is 13.4. The Hall–Kier alpha value is -3.03. The van der Waals surface area contributed by atoms with Crippen molar-refractivity contribution in [1.29, 1.82) is 0 Å². The molecule has 0 atom stereocenters. The lowest BCUT2D eigenvalue weighted by Gasteiger charge is -2.26. The van der Waals surface area contributed by atoms with Gasteiger partial charge >= 0.3 is 0 Å². The lowest BCUT2D eigenvalue weighted by Crippen LogP contribution is -2.40. The maximum atomic E-state index is 13.4. The highest BCUT2D eigenvalue weighted by molar-refractivity contribution is 7.92. The molecule has 6 nitrogen and oxygen atoms in total. The summed E-state index contributed by atoms with van der Waals surface area (Å²) in [5.74, 6) is -0.168. The van der Waals surface area contributed by atoms with Crippen molar-refractivity contribution in [2.45, 2.75) is 18.4 Å². The average molecular weight is 459 g/mol. The third-order valence-corrected chi connectivity index (χ3v) is 6.61. The summed E-state index contributed by atoms with van der Waals surface area (Å²) in [5, 5.41) is 3.11. The first-order valence-corrected chi connectivity index (χ1v) is 11.4. The number of nitrogens with one attached hydrogen (secondary N) is 1. The summed E-state index contributed by atoms with van der Waals surface area (Å²) in [4.78, 5) is 12.8. The van der Waals surface area contributed by atoms with Crippen molar-refractivity contribution in [3.05, 3.63) is 88.9 Å². The standard InChI is InChI=1S/C23H23ClN2O4S/c1-17-7-6-8-18(13-17)15-25-23(27)16-26(21-14-19(24)11-12-22(21)30-2)31(28,29)20-9-4-3-5-10-20/h3-14H,15-16H2,1-2H3,(H,25,27). The average Bonchev–Trinajstić information content (AvgIpc) is 2.76. The van der Waals surface area contributed by atoms with Gasteiger partial charge in [-0.25, -0.2) is 8.42 Å². The van der Waals surface area contributed by atoms with Gasteiger partial charge in [-0.1, -0.05) is 59.6 Å². The highest BCUT2D eigenvalue weighted by Crippen LogP contribution is 2.34. The van der Waals surface area contributed by atoms with Crippen LogP contribution in [0.25, 0.3) is 0 Å². The number of aryl methyl sites for hydroxylation is 1. The number of benzene rings is 3. The first-order valence-electron chi connectivity index (χ1n) is 9.55. The normalized spacial score (nSPS) is 11.1. The van der Waals surface area contributed by atoms with E-state index in [1.54, 1.807) is 30.3 Å². The number of nitrogens with zero attached hydrogens (tertiary/aromatic N) is 1. The van der Waals surface area contributed by atoms with E-state index in [1.165, 1.54) is 25.3 Å². The predicted octanol–water partition coefficient (Wildman–Crippen LogP) is 4.17. The fourth-order valence-electron chi connectivity index (χ4n) is 3.09. The number of rotatable bonds is 8. The Bertz CT molecular complexity index is 1170. The van der Waals surface area contributed by atoms with Crippen LogP contribution >= 0.6 is 11.6 Å². The van der Waals surface area contributed by atoms with Crippen LogP contribution in [0.15, 0.2) is 77.7 Å². The zero-order valence-electron chi connectivity index (χ0n) is 17.2. The lowest BCUT2D eigenvalue weighted by molar-refractivity contribution is -0.119. The van der Waals surface area contributed by atoms with Crippen molar-refractivity contribution in [2.75, 3.05) is 18.0 Å². The first kappa shape index (κ1) is 22.7.